The van der Waals surface area contributed by atoms with Crippen LogP contribution in [0.25, 0.3) is 0 Å². The lowest BCUT2D eigenvalue weighted by Gasteiger charge is -2.09. The molecular weight excluding hydrogens is 329 g/mol. The molecular formula is C14H11BrFNO3. The van der Waals surface area contributed by atoms with Crippen molar-refractivity contribution in [2.75, 3.05) is 11.9 Å². The second-order valence-corrected chi connectivity index (χ2v) is 4.84. The number of benzene rings is 2. The first-order valence-electron chi connectivity index (χ1n) is 5.72. The zero-order valence-corrected chi connectivity index (χ0v) is 11.9. The fraction of sp³-hybridized carbons (Fsp3) is 0.0714. The molecule has 0 bridgehead atoms. The van der Waals surface area contributed by atoms with Gasteiger partial charge in [0, 0.05) is 4.47 Å². The third-order valence-corrected chi connectivity index (χ3v) is 2.92. The molecule has 0 fully saturated rings. The van der Waals surface area contributed by atoms with Gasteiger partial charge < -0.3 is 15.2 Å². The van der Waals surface area contributed by atoms with Gasteiger partial charge in [0.2, 0.25) is 0 Å². The minimum atomic E-state index is -0.560. The fourth-order valence-electron chi connectivity index (χ4n) is 1.50. The van der Waals surface area contributed by atoms with Crippen molar-refractivity contribution in [1.29, 1.82) is 0 Å². The van der Waals surface area contributed by atoms with Crippen LogP contribution in [0.5, 0.6) is 11.5 Å². The van der Waals surface area contributed by atoms with Crippen LogP contribution in [0.2, 0.25) is 0 Å². The summed E-state index contributed by atoms with van der Waals surface area (Å²) < 4.78 is 19.1. The Morgan fingerprint density at radius 3 is 2.75 bits per heavy atom. The van der Waals surface area contributed by atoms with E-state index in [1.807, 2.05) is 0 Å². The van der Waals surface area contributed by atoms with Crippen LogP contribution in [-0.4, -0.2) is 17.6 Å². The zero-order chi connectivity index (χ0) is 14.5. The van der Waals surface area contributed by atoms with Crippen LogP contribution >= 0.6 is 15.9 Å². The molecule has 2 N–H and O–H groups in total. The van der Waals surface area contributed by atoms with Gasteiger partial charge in [0.1, 0.15) is 5.75 Å². The van der Waals surface area contributed by atoms with Crippen LogP contribution in [0.1, 0.15) is 0 Å². The summed E-state index contributed by atoms with van der Waals surface area (Å²) in [5.74, 6) is -1.11. The van der Waals surface area contributed by atoms with Crippen LogP contribution in [0, 0.1) is 5.82 Å². The van der Waals surface area contributed by atoms with E-state index < -0.39 is 11.7 Å². The van der Waals surface area contributed by atoms with Gasteiger partial charge in [-0.05, 0) is 30.3 Å². The van der Waals surface area contributed by atoms with Gasteiger partial charge in [-0.1, -0.05) is 28.1 Å². The minimum absolute atomic E-state index is 0.0133. The average Bonchev–Trinajstić information content (AvgIpc) is 2.40. The Bertz CT molecular complexity index is 634. The Morgan fingerprint density at radius 1 is 1.30 bits per heavy atom. The van der Waals surface area contributed by atoms with Gasteiger partial charge in [0.15, 0.2) is 18.2 Å². The average molecular weight is 340 g/mol. The highest BCUT2D eigenvalue weighted by molar-refractivity contribution is 9.10. The Balaban J connectivity index is 1.94. The van der Waals surface area contributed by atoms with Gasteiger partial charge in [0.05, 0.1) is 5.69 Å². The van der Waals surface area contributed by atoms with Gasteiger partial charge >= 0.3 is 0 Å². The highest BCUT2D eigenvalue weighted by Crippen LogP contribution is 2.23. The molecule has 0 heterocycles. The lowest BCUT2D eigenvalue weighted by Crippen LogP contribution is -2.20. The van der Waals surface area contributed by atoms with Crippen molar-refractivity contribution in [1.82, 2.24) is 0 Å². The zero-order valence-electron chi connectivity index (χ0n) is 10.3. The monoisotopic (exact) mass is 339 g/mol. The number of rotatable bonds is 4. The van der Waals surface area contributed by atoms with Crippen molar-refractivity contribution in [3.63, 3.8) is 0 Å². The van der Waals surface area contributed by atoms with E-state index in [2.05, 4.69) is 21.2 Å². The molecule has 0 unspecified atom stereocenters. The molecule has 104 valence electrons. The van der Waals surface area contributed by atoms with Crippen molar-refractivity contribution in [2.24, 2.45) is 0 Å². The quantitative estimate of drug-likeness (QED) is 0.840. The van der Waals surface area contributed by atoms with E-state index >= 15 is 0 Å². The topological polar surface area (TPSA) is 58.6 Å². The summed E-state index contributed by atoms with van der Waals surface area (Å²) in [6.07, 6.45) is 0. The van der Waals surface area contributed by atoms with E-state index in [1.165, 1.54) is 18.2 Å². The molecule has 0 aliphatic rings. The molecule has 4 nitrogen and oxygen atoms in total. The highest BCUT2D eigenvalue weighted by atomic mass is 79.9. The number of hydrogen-bond donors (Lipinski definition) is 2. The van der Waals surface area contributed by atoms with Gasteiger partial charge in [-0.15, -0.1) is 0 Å². The Labute approximate surface area is 123 Å². The number of amides is 1. The molecule has 0 aromatic heterocycles. The summed E-state index contributed by atoms with van der Waals surface area (Å²) in [7, 11) is 0. The molecule has 2 rings (SSSR count). The highest BCUT2D eigenvalue weighted by Gasteiger charge is 2.09. The number of carbonyl (C=O) groups is 1. The molecule has 0 saturated heterocycles. The van der Waals surface area contributed by atoms with Gasteiger partial charge in [0.25, 0.3) is 5.91 Å². The van der Waals surface area contributed by atoms with Crippen molar-refractivity contribution in [2.45, 2.75) is 0 Å². The van der Waals surface area contributed by atoms with E-state index in [0.29, 0.717) is 4.47 Å². The van der Waals surface area contributed by atoms with E-state index in [9.17, 15) is 14.3 Å². The molecule has 1 amide bonds. The van der Waals surface area contributed by atoms with Crippen LogP contribution in [0.3, 0.4) is 0 Å². The molecule has 0 atom stereocenters. The summed E-state index contributed by atoms with van der Waals surface area (Å²) in [6, 6.07) is 10.6. The van der Waals surface area contributed by atoms with Crippen molar-refractivity contribution in [3.8, 4) is 11.5 Å². The second-order valence-electron chi connectivity index (χ2n) is 3.93. The van der Waals surface area contributed by atoms with Gasteiger partial charge in [-0.2, -0.15) is 0 Å². The first-order valence-corrected chi connectivity index (χ1v) is 6.51. The molecule has 0 aliphatic carbocycles. The maximum Gasteiger partial charge on any atom is 0.262 e. The molecule has 2 aromatic rings. The van der Waals surface area contributed by atoms with Crippen molar-refractivity contribution in [3.05, 3.63) is 52.8 Å². The van der Waals surface area contributed by atoms with Crippen LogP contribution in [-0.2, 0) is 4.79 Å². The van der Waals surface area contributed by atoms with Crippen LogP contribution < -0.4 is 10.1 Å². The lowest BCUT2D eigenvalue weighted by atomic mass is 10.3. The number of nitrogens with one attached hydrogen (secondary N) is 1. The predicted molar refractivity (Wildman–Crippen MR) is 76.3 cm³/mol. The second kappa shape index (κ2) is 6.38. The number of hydrogen-bond acceptors (Lipinski definition) is 3. The first-order chi connectivity index (χ1) is 9.56. The number of anilines is 1. The summed E-state index contributed by atoms with van der Waals surface area (Å²) in [5, 5.41) is 12.0. The maximum absolute atomic E-state index is 13.5. The predicted octanol–water partition coefficient (Wildman–Crippen LogP) is 3.31. The number of carbonyl (C=O) groups excluding carboxylic acids is 1. The third kappa shape index (κ3) is 3.71. The van der Waals surface area contributed by atoms with Crippen molar-refractivity contribution >= 4 is 27.5 Å². The standard InChI is InChI=1S/C14H11BrFNO3/c15-9-5-6-13(10(16)7-9)20-8-14(19)17-11-3-1-2-4-12(11)18/h1-7,18H,8H2,(H,17,19). The summed E-state index contributed by atoms with van der Waals surface area (Å²) >= 11 is 3.13. The number of aromatic hydroxyl groups is 1. The summed E-state index contributed by atoms with van der Waals surface area (Å²) in [4.78, 5) is 11.6. The molecule has 20 heavy (non-hydrogen) atoms. The molecule has 0 aliphatic heterocycles. The third-order valence-electron chi connectivity index (χ3n) is 2.43. The minimum Gasteiger partial charge on any atom is -0.506 e. The lowest BCUT2D eigenvalue weighted by molar-refractivity contribution is -0.118. The number of phenols is 1. The van der Waals surface area contributed by atoms with Crippen molar-refractivity contribution < 1.29 is 19.0 Å². The summed E-state index contributed by atoms with van der Waals surface area (Å²) in [6.45, 7) is -0.354. The number of phenolic OH excluding ortho intramolecular Hbond substituents is 1. The fourth-order valence-corrected chi connectivity index (χ4v) is 1.83. The number of halogens is 2. The summed E-state index contributed by atoms with van der Waals surface area (Å²) in [5.41, 5.74) is 0.275. The molecule has 2 aromatic carbocycles. The van der Waals surface area contributed by atoms with Crippen LogP contribution in [0.15, 0.2) is 46.9 Å². The SMILES string of the molecule is O=C(COc1ccc(Br)cc1F)Nc1ccccc1O. The Morgan fingerprint density at radius 2 is 2.05 bits per heavy atom. The van der Waals surface area contributed by atoms with E-state index in [1.54, 1.807) is 24.3 Å². The number of ether oxygens (including phenoxy) is 1. The molecule has 6 heteroatoms. The van der Waals surface area contributed by atoms with Gasteiger partial charge in [-0.3, -0.25) is 4.79 Å². The number of para-hydroxylation sites is 2. The molecule has 0 saturated carbocycles. The largest absolute Gasteiger partial charge is 0.506 e. The first kappa shape index (κ1) is 14.3. The maximum atomic E-state index is 13.5. The normalized spacial score (nSPS) is 10.1. The van der Waals surface area contributed by atoms with E-state index in [4.69, 9.17) is 4.74 Å². The van der Waals surface area contributed by atoms with E-state index in [-0.39, 0.29) is 23.8 Å². The smallest absolute Gasteiger partial charge is 0.262 e. The Hall–Kier alpha value is -2.08. The van der Waals surface area contributed by atoms with E-state index in [0.717, 1.165) is 0 Å². The van der Waals surface area contributed by atoms with Gasteiger partial charge in [-0.25, -0.2) is 4.39 Å². The molecule has 0 spiro atoms. The molecule has 0 radical (unpaired) electrons. The Kier molecular flexibility index (Phi) is 4.57. The van der Waals surface area contributed by atoms with Crippen LogP contribution in [0.4, 0.5) is 10.1 Å².